The summed E-state index contributed by atoms with van der Waals surface area (Å²) < 4.78 is 0. The van der Waals surface area contributed by atoms with E-state index in [4.69, 9.17) is 0 Å². The van der Waals surface area contributed by atoms with Gasteiger partial charge in [0.05, 0.1) is 44.8 Å². The van der Waals surface area contributed by atoms with Gasteiger partial charge in [0, 0.05) is 21.5 Å². The summed E-state index contributed by atoms with van der Waals surface area (Å²) in [6, 6.07) is 49.0. The molecular weight excluding hydrogens is 660 g/mol. The molecule has 0 aliphatic heterocycles. The van der Waals surface area contributed by atoms with E-state index in [1.54, 1.807) is 0 Å². The molecule has 0 radical (unpaired) electrons. The third kappa shape index (κ3) is 6.87. The van der Waals surface area contributed by atoms with E-state index in [1.165, 1.54) is 0 Å². The molecule has 8 aromatic rings. The number of aromatic nitrogens is 4. The van der Waals surface area contributed by atoms with Crippen LogP contribution in [0.25, 0.3) is 66.4 Å². The fourth-order valence-electron chi connectivity index (χ4n) is 4.83. The van der Waals surface area contributed by atoms with Crippen molar-refractivity contribution in [2.45, 2.75) is 0 Å². The number of nitrogens with zero attached hydrogens (tertiary/aromatic N) is 4. The Kier molecular flexibility index (Phi) is 9.25. The van der Waals surface area contributed by atoms with Crippen molar-refractivity contribution in [3.8, 4) is 22.8 Å². The minimum Gasteiger partial charge on any atom is -0.246 e. The van der Waals surface area contributed by atoms with E-state index in [0.29, 0.717) is 0 Å². The number of rotatable bonds is 2. The second kappa shape index (κ2) is 13.8. The van der Waals surface area contributed by atoms with Crippen LogP contribution in [0.3, 0.4) is 0 Å². The van der Waals surface area contributed by atoms with Gasteiger partial charge in [0.2, 0.25) is 0 Å². The van der Waals surface area contributed by atoms with Crippen molar-refractivity contribution in [2.24, 2.45) is 0 Å². The zero-order chi connectivity index (χ0) is 29.4. The first kappa shape index (κ1) is 28.8. The van der Waals surface area contributed by atoms with Crippen LogP contribution in [-0.4, -0.2) is 19.9 Å². The topological polar surface area (TPSA) is 51.6 Å². The molecule has 0 saturated carbocycles. The summed E-state index contributed by atoms with van der Waals surface area (Å²) in [6.45, 7) is 0. The van der Waals surface area contributed by atoms with Gasteiger partial charge in [0.15, 0.2) is 0 Å². The summed E-state index contributed by atoms with van der Waals surface area (Å²) in [5, 5.41) is 4.60. The Morgan fingerprint density at radius 3 is 0.744 bits per heavy atom. The van der Waals surface area contributed by atoms with E-state index in [-0.39, 0.29) is 15.1 Å². The van der Waals surface area contributed by atoms with Gasteiger partial charge in [-0.05, 0) is 48.5 Å². The summed E-state index contributed by atoms with van der Waals surface area (Å²) in [7, 11) is 8.60. The zero-order valence-corrected chi connectivity index (χ0v) is 26.2. The predicted molar refractivity (Wildman–Crippen MR) is 168 cm³/mol. The van der Waals surface area contributed by atoms with Crippen LogP contribution in [0.2, 0.25) is 0 Å². The maximum atomic E-state index is 4.69. The Hall–Kier alpha value is -4.28. The van der Waals surface area contributed by atoms with Crippen molar-refractivity contribution in [2.75, 3.05) is 0 Å². The minimum absolute atomic E-state index is 0.123. The average Bonchev–Trinajstić information content (AvgIpc) is 3.08. The zero-order valence-electron chi connectivity index (χ0n) is 22.8. The predicted octanol–water partition coefficient (Wildman–Crippen LogP) is 8.36. The molecule has 4 aromatic carbocycles. The van der Waals surface area contributed by atoms with Gasteiger partial charge >= 0.3 is 34.5 Å². The molecule has 0 aliphatic carbocycles. The summed E-state index contributed by atoms with van der Waals surface area (Å²) in [5.41, 5.74) is 7.65. The molecular formula is C36H26Cl2N4Ru+2. The number of hydrogen-bond acceptors (Lipinski definition) is 4. The molecule has 0 atom stereocenters. The first-order valence-corrected chi connectivity index (χ1v) is 18.4. The Balaban J connectivity index is 0.000000141. The van der Waals surface area contributed by atoms with E-state index < -0.39 is 0 Å². The van der Waals surface area contributed by atoms with Crippen molar-refractivity contribution in [1.29, 1.82) is 0 Å². The van der Waals surface area contributed by atoms with Gasteiger partial charge < -0.3 is 0 Å². The van der Waals surface area contributed by atoms with Crippen molar-refractivity contribution in [3.63, 3.8) is 0 Å². The van der Waals surface area contributed by atoms with E-state index in [9.17, 15) is 0 Å². The molecule has 0 spiro atoms. The SMILES string of the molecule is [ClH+][Ru][ClH+].c1ccc2nc(-c3ccc4ccccc4n3)ccc2c1.c1ccc2nc(-c3ccc4ccccc4n3)ccc2c1. The molecule has 0 unspecified atom stereocenters. The number of para-hydroxylation sites is 4. The number of fused-ring (bicyclic) bond motifs is 4. The summed E-state index contributed by atoms with van der Waals surface area (Å²) in [5.74, 6) is 0. The normalized spacial score (nSPS) is 10.7. The first-order valence-electron chi connectivity index (χ1n) is 13.5. The maximum absolute atomic E-state index is 4.69. The monoisotopic (exact) mass is 686 g/mol. The van der Waals surface area contributed by atoms with Gasteiger partial charge in [-0.25, -0.2) is 19.9 Å². The fraction of sp³-hybridized carbons (Fsp3) is 0. The number of hydrogen-bond donors (Lipinski definition) is 0. The molecule has 8 rings (SSSR count). The van der Waals surface area contributed by atoms with Crippen LogP contribution in [0.4, 0.5) is 0 Å². The van der Waals surface area contributed by atoms with Crippen LogP contribution in [0, 0.1) is 19.4 Å². The average molecular weight is 687 g/mol. The minimum atomic E-state index is -0.123. The fourth-order valence-corrected chi connectivity index (χ4v) is 4.83. The molecule has 0 N–H and O–H groups in total. The van der Waals surface area contributed by atoms with Gasteiger partial charge in [0.1, 0.15) is 0 Å². The van der Waals surface area contributed by atoms with Gasteiger partial charge in [-0.3, -0.25) is 0 Å². The van der Waals surface area contributed by atoms with Crippen molar-refractivity contribution < 1.29 is 34.5 Å². The molecule has 0 aliphatic rings. The number of pyridine rings is 4. The van der Waals surface area contributed by atoms with Crippen LogP contribution < -0.4 is 0 Å². The summed E-state index contributed by atoms with van der Waals surface area (Å²) in [6.07, 6.45) is 0. The Morgan fingerprint density at radius 2 is 0.512 bits per heavy atom. The van der Waals surface area contributed by atoms with E-state index in [1.807, 2.05) is 97.1 Å². The Morgan fingerprint density at radius 1 is 0.302 bits per heavy atom. The Labute approximate surface area is 265 Å². The molecule has 7 heteroatoms. The maximum Gasteiger partial charge on any atom is 0.0894 e. The van der Waals surface area contributed by atoms with Crippen molar-refractivity contribution in [1.82, 2.24) is 19.9 Å². The second-order valence-electron chi connectivity index (χ2n) is 9.62. The third-order valence-corrected chi connectivity index (χ3v) is 6.92. The van der Waals surface area contributed by atoms with Crippen LogP contribution in [0.1, 0.15) is 0 Å². The molecule has 0 saturated heterocycles. The van der Waals surface area contributed by atoms with Gasteiger partial charge in [0.25, 0.3) is 0 Å². The van der Waals surface area contributed by atoms with Crippen LogP contribution in [-0.2, 0) is 15.1 Å². The van der Waals surface area contributed by atoms with Crippen LogP contribution in [0.5, 0.6) is 0 Å². The molecule has 4 nitrogen and oxygen atoms in total. The number of benzene rings is 4. The van der Waals surface area contributed by atoms with Gasteiger partial charge in [-0.15, -0.1) is 0 Å². The van der Waals surface area contributed by atoms with Crippen molar-refractivity contribution in [3.05, 3.63) is 146 Å². The van der Waals surface area contributed by atoms with E-state index >= 15 is 0 Å². The van der Waals surface area contributed by atoms with E-state index in [2.05, 4.69) is 87.8 Å². The summed E-state index contributed by atoms with van der Waals surface area (Å²) in [4.78, 5) is 18.8. The largest absolute Gasteiger partial charge is 0.246 e. The quantitative estimate of drug-likeness (QED) is 0.172. The van der Waals surface area contributed by atoms with Crippen LogP contribution >= 0.6 is 0 Å². The third-order valence-electron chi connectivity index (χ3n) is 6.92. The standard InChI is InChI=1S/2C18H12N2.2ClH.Ru/c2*1-3-7-15-13(5-1)9-11-17(19-15)18-12-10-14-6-2-4-8-16(14)20-18;;;/h2*1-12H;2*1H;/q;;;;+2. The molecule has 4 aromatic heterocycles. The van der Waals surface area contributed by atoms with Gasteiger partial charge in [-0.2, -0.15) is 0 Å². The van der Waals surface area contributed by atoms with Gasteiger partial charge in [-0.1, -0.05) is 97.1 Å². The molecule has 210 valence electrons. The van der Waals surface area contributed by atoms with E-state index in [0.717, 1.165) is 66.4 Å². The summed E-state index contributed by atoms with van der Waals surface area (Å²) >= 11 is -0.123. The molecule has 43 heavy (non-hydrogen) atoms. The molecule has 0 fully saturated rings. The second-order valence-corrected chi connectivity index (χ2v) is 12.7. The smallest absolute Gasteiger partial charge is 0.0894 e. The first-order chi connectivity index (χ1) is 21.2. The molecule has 0 amide bonds. The molecule has 0 bridgehead atoms. The van der Waals surface area contributed by atoms with Crippen LogP contribution in [0.15, 0.2) is 146 Å². The van der Waals surface area contributed by atoms with Crippen molar-refractivity contribution >= 4 is 43.6 Å². The molecule has 4 heterocycles. The Bertz CT molecular complexity index is 1860. The number of halogens is 2.